The number of amides is 1. The van der Waals surface area contributed by atoms with Crippen LogP contribution in [-0.2, 0) is 5.41 Å². The van der Waals surface area contributed by atoms with Gasteiger partial charge < -0.3 is 10.5 Å². The van der Waals surface area contributed by atoms with Gasteiger partial charge in [0.15, 0.2) is 0 Å². The van der Waals surface area contributed by atoms with Crippen molar-refractivity contribution in [2.24, 2.45) is 16.6 Å². The van der Waals surface area contributed by atoms with E-state index in [1.165, 1.54) is 18.6 Å². The summed E-state index contributed by atoms with van der Waals surface area (Å²) < 4.78 is 5.25. The third-order valence-corrected chi connectivity index (χ3v) is 5.46. The second-order valence-electron chi connectivity index (χ2n) is 7.44. The molecule has 1 unspecified atom stereocenters. The molecular weight excluding hydrogens is 378 g/mol. The zero-order valence-electron chi connectivity index (χ0n) is 17.5. The number of rotatable bonds is 6. The first-order valence-corrected chi connectivity index (χ1v) is 9.61. The van der Waals surface area contributed by atoms with Crippen LogP contribution in [0, 0.1) is 5.92 Å². The van der Waals surface area contributed by atoms with E-state index in [9.17, 15) is 4.79 Å². The zero-order valence-corrected chi connectivity index (χ0v) is 17.5. The summed E-state index contributed by atoms with van der Waals surface area (Å²) in [6.07, 6.45) is 7.78. The highest BCUT2D eigenvalue weighted by molar-refractivity contribution is 6.05. The molecule has 2 N–H and O–H groups in total. The summed E-state index contributed by atoms with van der Waals surface area (Å²) in [7, 11) is 1.61. The predicted octanol–water partition coefficient (Wildman–Crippen LogP) is 3.66. The summed E-state index contributed by atoms with van der Waals surface area (Å²) in [6, 6.07) is 9.95. The Balaban J connectivity index is 1.95. The Morgan fingerprint density at radius 2 is 1.80 bits per heavy atom. The maximum absolute atomic E-state index is 12.5. The fourth-order valence-corrected chi connectivity index (χ4v) is 3.17. The monoisotopic (exact) mass is 403 g/mol. The van der Waals surface area contributed by atoms with Gasteiger partial charge >= 0.3 is 0 Å². The molecule has 0 saturated carbocycles. The topological polar surface area (TPSA) is 103 Å². The molecule has 1 aromatic carbocycles. The van der Waals surface area contributed by atoms with Crippen LogP contribution >= 0.6 is 0 Å². The predicted molar refractivity (Wildman–Crippen MR) is 116 cm³/mol. The highest BCUT2D eigenvalue weighted by Crippen LogP contribution is 2.34. The lowest BCUT2D eigenvalue weighted by Crippen LogP contribution is -2.43. The first-order valence-electron chi connectivity index (χ1n) is 9.61. The van der Waals surface area contributed by atoms with Gasteiger partial charge in [-0.2, -0.15) is 4.99 Å². The number of hydrogen-bond acceptors (Lipinski definition) is 5. The smallest absolute Gasteiger partial charge is 0.298 e. The van der Waals surface area contributed by atoms with Crippen LogP contribution in [-0.4, -0.2) is 33.8 Å². The van der Waals surface area contributed by atoms with Gasteiger partial charge in [-0.25, -0.2) is 4.98 Å². The average molecular weight is 403 g/mol. The number of carbonyl (C=O) groups excluding carboxylic acids is 1. The molecule has 0 fully saturated rings. The molecule has 0 saturated heterocycles. The fourth-order valence-electron chi connectivity index (χ4n) is 3.17. The van der Waals surface area contributed by atoms with Gasteiger partial charge in [-0.3, -0.25) is 14.8 Å². The molecular formula is C23H25N5O2. The number of methoxy groups -OCH3 is 1. The van der Waals surface area contributed by atoms with Crippen LogP contribution in [0.2, 0.25) is 0 Å². The highest BCUT2D eigenvalue weighted by Gasteiger charge is 2.35. The zero-order chi connectivity index (χ0) is 21.7. The summed E-state index contributed by atoms with van der Waals surface area (Å²) in [4.78, 5) is 28.7. The first kappa shape index (κ1) is 21.1. The Morgan fingerprint density at radius 3 is 2.40 bits per heavy atom. The number of ether oxygens (including phenoxy) is 1. The van der Waals surface area contributed by atoms with Gasteiger partial charge in [-0.05, 0) is 30.0 Å². The lowest BCUT2D eigenvalue weighted by molar-refractivity contribution is 0.0996. The third-order valence-electron chi connectivity index (χ3n) is 5.46. The molecule has 7 nitrogen and oxygen atoms in total. The molecule has 0 radical (unpaired) electrons. The minimum Gasteiger partial charge on any atom is -0.495 e. The minimum absolute atomic E-state index is 0.0974. The summed E-state index contributed by atoms with van der Waals surface area (Å²) in [5.41, 5.74) is 8.80. The lowest BCUT2D eigenvalue weighted by Gasteiger charge is -2.33. The summed E-state index contributed by atoms with van der Waals surface area (Å²) in [5.74, 6) is 0.526. The molecule has 2 aromatic heterocycles. The van der Waals surface area contributed by atoms with Crippen molar-refractivity contribution in [1.29, 1.82) is 0 Å². The van der Waals surface area contributed by atoms with Gasteiger partial charge in [0.25, 0.3) is 5.91 Å². The van der Waals surface area contributed by atoms with Gasteiger partial charge in [0.2, 0.25) is 0 Å². The minimum atomic E-state index is -0.636. The largest absolute Gasteiger partial charge is 0.495 e. The number of hydrogen-bond donors (Lipinski definition) is 1. The quantitative estimate of drug-likeness (QED) is 0.498. The van der Waals surface area contributed by atoms with Gasteiger partial charge in [0.05, 0.1) is 24.9 Å². The molecule has 0 aliphatic heterocycles. The number of nitrogens with two attached hydrogens (primary N) is 1. The number of carbonyl (C=O) groups is 1. The number of nitrogens with zero attached hydrogens (tertiary/aromatic N) is 4. The van der Waals surface area contributed by atoms with E-state index in [2.05, 4.69) is 33.8 Å². The van der Waals surface area contributed by atoms with Crippen LogP contribution in [0.25, 0.3) is 11.1 Å². The van der Waals surface area contributed by atoms with Crippen LogP contribution in [0.5, 0.6) is 5.75 Å². The van der Waals surface area contributed by atoms with Crippen LogP contribution < -0.4 is 10.5 Å². The Labute approximate surface area is 176 Å². The normalized spacial score (nSPS) is 13.7. The molecule has 3 aromatic rings. The summed E-state index contributed by atoms with van der Waals surface area (Å²) >= 11 is 0. The summed E-state index contributed by atoms with van der Waals surface area (Å²) in [6.45, 7) is 6.09. The lowest BCUT2D eigenvalue weighted by atomic mass is 9.72. The van der Waals surface area contributed by atoms with Crippen molar-refractivity contribution in [2.75, 3.05) is 7.11 Å². The molecule has 0 aliphatic rings. The Hall–Kier alpha value is -3.61. The molecule has 0 aliphatic carbocycles. The van der Waals surface area contributed by atoms with Crippen molar-refractivity contribution in [2.45, 2.75) is 26.2 Å². The number of aromatic nitrogens is 3. The molecule has 0 spiro atoms. The average Bonchev–Trinajstić information content (AvgIpc) is 2.79. The number of aliphatic imine (C=N–C) groups is 1. The van der Waals surface area contributed by atoms with Crippen LogP contribution in [0.15, 0.2) is 66.3 Å². The highest BCUT2D eigenvalue weighted by atomic mass is 16.5. The molecule has 154 valence electrons. The van der Waals surface area contributed by atoms with Crippen molar-refractivity contribution in [1.82, 2.24) is 15.0 Å². The third kappa shape index (κ3) is 4.20. The second kappa shape index (κ2) is 8.82. The van der Waals surface area contributed by atoms with Crippen LogP contribution in [0.4, 0.5) is 0 Å². The van der Waals surface area contributed by atoms with Crippen molar-refractivity contribution < 1.29 is 9.53 Å². The SMILES string of the molecule is COc1cncc(-c2ccc(C(C)(C(N)=NC(=O)c3cnccn3)C(C)C)cc2)c1. The van der Waals surface area contributed by atoms with Crippen LogP contribution in [0.3, 0.4) is 0 Å². The molecule has 7 heteroatoms. The van der Waals surface area contributed by atoms with E-state index >= 15 is 0 Å². The van der Waals surface area contributed by atoms with Crippen LogP contribution in [0.1, 0.15) is 36.8 Å². The molecule has 0 bridgehead atoms. The van der Waals surface area contributed by atoms with Crippen molar-refractivity contribution in [3.05, 3.63) is 72.6 Å². The van der Waals surface area contributed by atoms with E-state index in [0.717, 1.165) is 16.7 Å². The van der Waals surface area contributed by atoms with E-state index in [1.54, 1.807) is 19.5 Å². The number of pyridine rings is 1. The molecule has 1 atom stereocenters. The first-order chi connectivity index (χ1) is 14.4. The van der Waals surface area contributed by atoms with Gasteiger partial charge in [0, 0.05) is 24.2 Å². The number of amidine groups is 1. The van der Waals surface area contributed by atoms with Gasteiger partial charge in [-0.15, -0.1) is 0 Å². The number of benzene rings is 1. The van der Waals surface area contributed by atoms with E-state index in [0.29, 0.717) is 5.75 Å². The van der Waals surface area contributed by atoms with Gasteiger partial charge in [0.1, 0.15) is 17.3 Å². The van der Waals surface area contributed by atoms with Gasteiger partial charge in [-0.1, -0.05) is 38.1 Å². The van der Waals surface area contributed by atoms with E-state index in [1.807, 2.05) is 37.3 Å². The fraction of sp³-hybridized carbons (Fsp3) is 0.261. The Bertz CT molecular complexity index is 1050. The molecule has 2 heterocycles. The molecule has 30 heavy (non-hydrogen) atoms. The van der Waals surface area contributed by atoms with Crippen molar-refractivity contribution in [3.63, 3.8) is 0 Å². The molecule has 3 rings (SSSR count). The van der Waals surface area contributed by atoms with E-state index in [4.69, 9.17) is 10.5 Å². The van der Waals surface area contributed by atoms with Crippen molar-refractivity contribution >= 4 is 11.7 Å². The Morgan fingerprint density at radius 1 is 1.07 bits per heavy atom. The second-order valence-corrected chi connectivity index (χ2v) is 7.44. The van der Waals surface area contributed by atoms with E-state index < -0.39 is 11.3 Å². The maximum atomic E-state index is 12.5. The summed E-state index contributed by atoms with van der Waals surface area (Å²) in [5, 5.41) is 0. The van der Waals surface area contributed by atoms with Crippen molar-refractivity contribution in [3.8, 4) is 16.9 Å². The maximum Gasteiger partial charge on any atom is 0.298 e. The van der Waals surface area contributed by atoms with E-state index in [-0.39, 0.29) is 17.4 Å². The standard InChI is InChI=1S/C23H25N5O2/c1-15(2)23(3,22(24)28-21(29)20-14-25-9-10-27-20)18-7-5-16(6-8-18)17-11-19(30-4)13-26-12-17/h5-15H,1-4H3,(H2,24,28,29). The Kier molecular flexibility index (Phi) is 6.20. The molecule has 1 amide bonds.